The van der Waals surface area contributed by atoms with Crippen LogP contribution in [0.3, 0.4) is 0 Å². The Labute approximate surface area is 160 Å². The zero-order valence-corrected chi connectivity index (χ0v) is 16.7. The van der Waals surface area contributed by atoms with E-state index in [1.54, 1.807) is 31.2 Å². The highest BCUT2D eigenvalue weighted by molar-refractivity contribution is 7.92. The van der Waals surface area contributed by atoms with Crippen molar-refractivity contribution in [1.82, 2.24) is 5.32 Å². The van der Waals surface area contributed by atoms with Crippen LogP contribution in [0.4, 0.5) is 5.69 Å². The van der Waals surface area contributed by atoms with Gasteiger partial charge in [-0.15, -0.1) is 0 Å². The quantitative estimate of drug-likeness (QED) is 0.745. The van der Waals surface area contributed by atoms with Gasteiger partial charge in [0.05, 0.1) is 24.8 Å². The number of sulfonamides is 1. The van der Waals surface area contributed by atoms with Crippen LogP contribution in [0.2, 0.25) is 0 Å². The maximum Gasteiger partial charge on any atom is 0.264 e. The number of carbonyl (C=O) groups excluding carboxylic acids is 1. The molecule has 0 saturated carbocycles. The predicted octanol–water partition coefficient (Wildman–Crippen LogP) is 2.34. The van der Waals surface area contributed by atoms with Gasteiger partial charge in [-0.2, -0.15) is 0 Å². The number of benzene rings is 2. The van der Waals surface area contributed by atoms with Crippen LogP contribution < -0.4 is 19.1 Å². The van der Waals surface area contributed by atoms with Crippen LogP contribution in [0, 0.1) is 6.92 Å². The molecule has 146 valence electrons. The molecule has 0 saturated heterocycles. The first kappa shape index (κ1) is 20.6. The Balaban J connectivity index is 2.61. The van der Waals surface area contributed by atoms with Crippen LogP contribution in [0.15, 0.2) is 47.4 Å². The summed E-state index contributed by atoms with van der Waals surface area (Å²) in [5.41, 5.74) is 1.16. The van der Waals surface area contributed by atoms with E-state index in [2.05, 4.69) is 5.32 Å². The average molecular weight is 392 g/mol. The number of nitrogens with zero attached hydrogens (tertiary/aromatic N) is 1. The average Bonchev–Trinajstić information content (AvgIpc) is 2.66. The molecule has 27 heavy (non-hydrogen) atoms. The van der Waals surface area contributed by atoms with Crippen molar-refractivity contribution >= 4 is 21.6 Å². The number of amides is 1. The molecule has 2 aromatic rings. The third-order valence-corrected chi connectivity index (χ3v) is 5.70. The minimum Gasteiger partial charge on any atom is -0.497 e. The molecule has 8 heteroatoms. The number of nitrogens with one attached hydrogen (secondary N) is 1. The van der Waals surface area contributed by atoms with E-state index in [9.17, 15) is 13.2 Å². The summed E-state index contributed by atoms with van der Waals surface area (Å²) in [6.07, 6.45) is 0. The van der Waals surface area contributed by atoms with Crippen molar-refractivity contribution in [2.75, 3.05) is 31.6 Å². The van der Waals surface area contributed by atoms with Gasteiger partial charge in [0.25, 0.3) is 10.0 Å². The molecule has 0 atom stereocenters. The Bertz CT molecular complexity index is 895. The lowest BCUT2D eigenvalue weighted by Crippen LogP contribution is -2.41. The molecule has 0 heterocycles. The fourth-order valence-electron chi connectivity index (χ4n) is 2.51. The van der Waals surface area contributed by atoms with E-state index in [-0.39, 0.29) is 17.1 Å². The highest BCUT2D eigenvalue weighted by Gasteiger charge is 2.29. The fraction of sp³-hybridized carbons (Fsp3) is 0.316. The third-order valence-electron chi connectivity index (χ3n) is 3.92. The molecule has 0 fully saturated rings. The van der Waals surface area contributed by atoms with Gasteiger partial charge in [0.1, 0.15) is 18.0 Å². The van der Waals surface area contributed by atoms with Crippen molar-refractivity contribution in [3.05, 3.63) is 48.0 Å². The number of likely N-dealkylation sites (N-methyl/N-ethyl adjacent to an activating group) is 1. The lowest BCUT2D eigenvalue weighted by molar-refractivity contribution is -0.119. The topological polar surface area (TPSA) is 84.9 Å². The van der Waals surface area contributed by atoms with Gasteiger partial charge >= 0.3 is 0 Å². The summed E-state index contributed by atoms with van der Waals surface area (Å²) >= 11 is 0. The molecule has 0 spiro atoms. The Hall–Kier alpha value is -2.74. The molecule has 0 aliphatic heterocycles. The van der Waals surface area contributed by atoms with Crippen LogP contribution in [-0.4, -0.2) is 41.6 Å². The lowest BCUT2D eigenvalue weighted by atomic mass is 10.2. The highest BCUT2D eigenvalue weighted by Crippen LogP contribution is 2.35. The number of hydrogen-bond donors (Lipinski definition) is 1. The van der Waals surface area contributed by atoms with Crippen molar-refractivity contribution in [2.24, 2.45) is 0 Å². The summed E-state index contributed by atoms with van der Waals surface area (Å²) in [4.78, 5) is 12.3. The van der Waals surface area contributed by atoms with Crippen LogP contribution in [0.25, 0.3) is 0 Å². The summed E-state index contributed by atoms with van der Waals surface area (Å²) in [6.45, 7) is 3.65. The number of methoxy groups -OCH3 is 2. The van der Waals surface area contributed by atoms with Crippen LogP contribution in [0.5, 0.6) is 11.5 Å². The van der Waals surface area contributed by atoms with Gasteiger partial charge in [0, 0.05) is 12.6 Å². The van der Waals surface area contributed by atoms with Crippen molar-refractivity contribution in [1.29, 1.82) is 0 Å². The molecule has 0 bridgehead atoms. The van der Waals surface area contributed by atoms with Crippen LogP contribution in [-0.2, 0) is 14.8 Å². The van der Waals surface area contributed by atoms with Gasteiger partial charge in [-0.3, -0.25) is 9.10 Å². The first-order chi connectivity index (χ1) is 12.8. The standard InChI is InChI=1S/C19H24N2O5S/c1-5-20-19(22)13-21(17-12-15(25-3)8-11-18(17)26-4)27(23,24)16-9-6-14(2)7-10-16/h6-12H,5,13H2,1-4H3,(H,20,22). The minimum atomic E-state index is -4.00. The monoisotopic (exact) mass is 392 g/mol. The number of anilines is 1. The Morgan fingerprint density at radius 1 is 1.07 bits per heavy atom. The summed E-state index contributed by atoms with van der Waals surface area (Å²) in [5, 5.41) is 2.63. The first-order valence-corrected chi connectivity index (χ1v) is 9.85. The Kier molecular flexibility index (Phi) is 6.68. The van der Waals surface area contributed by atoms with Gasteiger partial charge in [-0.1, -0.05) is 17.7 Å². The maximum atomic E-state index is 13.3. The molecular weight excluding hydrogens is 368 g/mol. The van der Waals surface area contributed by atoms with Gasteiger partial charge in [-0.05, 0) is 38.1 Å². The molecule has 0 unspecified atom stereocenters. The van der Waals surface area contributed by atoms with E-state index in [4.69, 9.17) is 9.47 Å². The number of ether oxygens (including phenoxy) is 2. The second-order valence-electron chi connectivity index (χ2n) is 5.82. The van der Waals surface area contributed by atoms with E-state index < -0.39 is 15.9 Å². The zero-order chi connectivity index (χ0) is 20.0. The van der Waals surface area contributed by atoms with E-state index in [0.29, 0.717) is 18.0 Å². The molecular formula is C19H24N2O5S. The van der Waals surface area contributed by atoms with E-state index in [0.717, 1.165) is 9.87 Å². The number of carbonyl (C=O) groups is 1. The number of rotatable bonds is 8. The molecule has 0 aliphatic carbocycles. The van der Waals surface area contributed by atoms with E-state index in [1.165, 1.54) is 32.4 Å². The molecule has 2 rings (SSSR count). The number of hydrogen-bond acceptors (Lipinski definition) is 5. The SMILES string of the molecule is CCNC(=O)CN(c1cc(OC)ccc1OC)S(=O)(=O)c1ccc(C)cc1. The molecule has 1 amide bonds. The minimum absolute atomic E-state index is 0.0854. The van der Waals surface area contributed by atoms with E-state index in [1.807, 2.05) is 6.92 Å². The van der Waals surface area contributed by atoms with Crippen molar-refractivity contribution in [3.63, 3.8) is 0 Å². The van der Waals surface area contributed by atoms with Gasteiger partial charge in [-0.25, -0.2) is 8.42 Å². The van der Waals surface area contributed by atoms with Crippen LogP contribution >= 0.6 is 0 Å². The molecule has 0 radical (unpaired) electrons. The van der Waals surface area contributed by atoms with Gasteiger partial charge < -0.3 is 14.8 Å². The molecule has 7 nitrogen and oxygen atoms in total. The summed E-state index contributed by atoms with van der Waals surface area (Å²) < 4.78 is 38.2. The maximum absolute atomic E-state index is 13.3. The van der Waals surface area contributed by atoms with Gasteiger partial charge in [0.2, 0.25) is 5.91 Å². The second-order valence-corrected chi connectivity index (χ2v) is 7.68. The second kappa shape index (κ2) is 8.77. The summed E-state index contributed by atoms with van der Waals surface area (Å²) in [6, 6.07) is 11.2. The normalized spacial score (nSPS) is 11.0. The van der Waals surface area contributed by atoms with Gasteiger partial charge in [0.15, 0.2) is 0 Å². The Morgan fingerprint density at radius 3 is 2.30 bits per heavy atom. The van der Waals surface area contributed by atoms with Crippen LogP contribution in [0.1, 0.15) is 12.5 Å². The van der Waals surface area contributed by atoms with E-state index >= 15 is 0 Å². The molecule has 2 aromatic carbocycles. The number of aryl methyl sites for hydroxylation is 1. The lowest BCUT2D eigenvalue weighted by Gasteiger charge is -2.26. The van der Waals surface area contributed by atoms with Crippen molar-refractivity contribution in [3.8, 4) is 11.5 Å². The van der Waals surface area contributed by atoms with Crippen molar-refractivity contribution < 1.29 is 22.7 Å². The fourth-order valence-corrected chi connectivity index (χ4v) is 3.94. The summed E-state index contributed by atoms with van der Waals surface area (Å²) in [5.74, 6) is 0.347. The molecule has 0 aromatic heterocycles. The summed E-state index contributed by atoms with van der Waals surface area (Å²) in [7, 11) is -1.09. The zero-order valence-electron chi connectivity index (χ0n) is 15.9. The largest absolute Gasteiger partial charge is 0.497 e. The van der Waals surface area contributed by atoms with Crippen molar-refractivity contribution in [2.45, 2.75) is 18.7 Å². The molecule has 0 aliphatic rings. The molecule has 1 N–H and O–H groups in total. The third kappa shape index (κ3) is 4.71. The first-order valence-electron chi connectivity index (χ1n) is 8.41. The highest BCUT2D eigenvalue weighted by atomic mass is 32.2. The predicted molar refractivity (Wildman–Crippen MR) is 104 cm³/mol. The smallest absolute Gasteiger partial charge is 0.264 e. The Morgan fingerprint density at radius 2 is 1.74 bits per heavy atom.